The van der Waals surface area contributed by atoms with Gasteiger partial charge in [0.2, 0.25) is 0 Å². The lowest BCUT2D eigenvalue weighted by Gasteiger charge is -2.18. The van der Waals surface area contributed by atoms with E-state index in [4.69, 9.17) is 9.47 Å². The number of methoxy groups -OCH3 is 2. The summed E-state index contributed by atoms with van der Waals surface area (Å²) in [6, 6.07) is 1.56. The molecule has 0 aromatic heterocycles. The van der Waals surface area contributed by atoms with E-state index in [0.717, 1.165) is 4.90 Å². The molecule has 9 heteroatoms. The van der Waals surface area contributed by atoms with E-state index in [2.05, 4.69) is 0 Å². The highest BCUT2D eigenvalue weighted by molar-refractivity contribution is 7.92. The zero-order valence-electron chi connectivity index (χ0n) is 11.8. The van der Waals surface area contributed by atoms with Gasteiger partial charge in [-0.15, -0.1) is 0 Å². The second-order valence-electron chi connectivity index (χ2n) is 5.01. The van der Waals surface area contributed by atoms with Gasteiger partial charge in [0.05, 0.1) is 25.5 Å². The van der Waals surface area contributed by atoms with Crippen LogP contribution >= 0.6 is 0 Å². The number of carboxylic acid groups (broad SMARTS) is 1. The molecule has 1 fully saturated rings. The number of fused-ring (bicyclic) bond motifs is 3. The third kappa shape index (κ3) is 1.71. The number of sulfone groups is 1. The van der Waals surface area contributed by atoms with Crippen LogP contribution in [-0.4, -0.2) is 56.3 Å². The van der Waals surface area contributed by atoms with Crippen molar-refractivity contribution in [1.82, 2.24) is 4.90 Å². The largest absolute Gasteiger partial charge is 0.493 e. The maximum Gasteiger partial charge on any atom is 0.327 e. The lowest BCUT2D eigenvalue weighted by atomic mass is 10.1. The summed E-state index contributed by atoms with van der Waals surface area (Å²) in [4.78, 5) is 24.8. The molecule has 1 aromatic rings. The fraction of sp³-hybridized carbons (Fsp3) is 0.385. The molecule has 0 spiro atoms. The Balaban J connectivity index is 2.26. The molecule has 0 bridgehead atoms. The summed E-state index contributed by atoms with van der Waals surface area (Å²) in [5.74, 6) is -2.23. The first kappa shape index (κ1) is 14.6. The Kier molecular flexibility index (Phi) is 3.06. The SMILES string of the molecule is COc1ccc2c(c1OC)C(=O)N1C(C(=O)O)CS(=O)(=O)C21. The normalized spacial score (nSPS) is 24.8. The van der Waals surface area contributed by atoms with Crippen molar-refractivity contribution >= 4 is 21.7 Å². The van der Waals surface area contributed by atoms with Crippen molar-refractivity contribution in [2.24, 2.45) is 0 Å². The minimum atomic E-state index is -3.78. The summed E-state index contributed by atoms with van der Waals surface area (Å²) < 4.78 is 34.8. The minimum Gasteiger partial charge on any atom is -0.493 e. The number of nitrogens with zero attached hydrogens (tertiary/aromatic N) is 1. The molecule has 3 rings (SSSR count). The minimum absolute atomic E-state index is 0.0429. The first-order valence-electron chi connectivity index (χ1n) is 6.35. The van der Waals surface area contributed by atoms with E-state index in [-0.39, 0.29) is 22.6 Å². The third-order valence-corrected chi connectivity index (χ3v) is 5.84. The number of hydrogen-bond donors (Lipinski definition) is 1. The third-order valence-electron chi connectivity index (χ3n) is 3.90. The highest BCUT2D eigenvalue weighted by Gasteiger charge is 2.57. The second-order valence-corrected chi connectivity index (χ2v) is 7.12. The van der Waals surface area contributed by atoms with E-state index in [1.165, 1.54) is 26.4 Å². The smallest absolute Gasteiger partial charge is 0.327 e. The van der Waals surface area contributed by atoms with Crippen molar-refractivity contribution in [3.05, 3.63) is 23.3 Å². The number of carboxylic acids is 1. The van der Waals surface area contributed by atoms with Crippen LogP contribution in [-0.2, 0) is 14.6 Å². The van der Waals surface area contributed by atoms with Gasteiger partial charge in [0, 0.05) is 5.56 Å². The van der Waals surface area contributed by atoms with Crippen LogP contribution in [0.25, 0.3) is 0 Å². The molecule has 22 heavy (non-hydrogen) atoms. The number of benzene rings is 1. The molecule has 0 aliphatic carbocycles. The fourth-order valence-corrected chi connectivity index (χ4v) is 5.10. The highest BCUT2D eigenvalue weighted by atomic mass is 32.2. The van der Waals surface area contributed by atoms with Gasteiger partial charge in [0.1, 0.15) is 6.04 Å². The Morgan fingerprint density at radius 3 is 2.55 bits per heavy atom. The summed E-state index contributed by atoms with van der Waals surface area (Å²) in [6.07, 6.45) is 0. The summed E-state index contributed by atoms with van der Waals surface area (Å²) in [5.41, 5.74) is 0.271. The standard InChI is InChI=1S/C13H13NO7S/c1-20-8-4-3-6-9(10(8)21-2)11(15)14-7(13(16)17)5-22(18,19)12(6)14/h3-4,7,12H,5H2,1-2H3,(H,16,17). The zero-order chi connectivity index (χ0) is 16.2. The topological polar surface area (TPSA) is 110 Å². The molecule has 0 radical (unpaired) electrons. The molecule has 8 nitrogen and oxygen atoms in total. The van der Waals surface area contributed by atoms with Crippen LogP contribution in [0.4, 0.5) is 0 Å². The van der Waals surface area contributed by atoms with Gasteiger partial charge in [0.25, 0.3) is 5.91 Å². The van der Waals surface area contributed by atoms with E-state index in [1.807, 2.05) is 0 Å². The van der Waals surface area contributed by atoms with E-state index >= 15 is 0 Å². The molecule has 2 heterocycles. The monoisotopic (exact) mass is 327 g/mol. The van der Waals surface area contributed by atoms with Gasteiger partial charge in [-0.3, -0.25) is 4.79 Å². The molecule has 2 aliphatic heterocycles. The van der Waals surface area contributed by atoms with Crippen LogP contribution in [0.1, 0.15) is 21.3 Å². The van der Waals surface area contributed by atoms with Crippen LogP contribution in [0, 0.1) is 0 Å². The van der Waals surface area contributed by atoms with Crippen LogP contribution in [0.5, 0.6) is 11.5 Å². The van der Waals surface area contributed by atoms with Gasteiger partial charge in [0.15, 0.2) is 26.7 Å². The molecule has 0 saturated carbocycles. The number of hydrogen-bond acceptors (Lipinski definition) is 6. The van der Waals surface area contributed by atoms with Gasteiger partial charge >= 0.3 is 5.97 Å². The molecule has 1 saturated heterocycles. The summed E-state index contributed by atoms with van der Waals surface area (Å²) in [6.45, 7) is 0. The van der Waals surface area contributed by atoms with Gasteiger partial charge in [-0.1, -0.05) is 6.07 Å². The number of rotatable bonds is 3. The molecule has 118 valence electrons. The van der Waals surface area contributed by atoms with Crippen molar-refractivity contribution in [3.8, 4) is 11.5 Å². The van der Waals surface area contributed by atoms with Gasteiger partial charge in [-0.2, -0.15) is 0 Å². The van der Waals surface area contributed by atoms with Gasteiger partial charge < -0.3 is 19.5 Å². The number of carbonyl (C=O) groups excluding carboxylic acids is 1. The average Bonchev–Trinajstić information content (AvgIpc) is 2.92. The average molecular weight is 327 g/mol. The van der Waals surface area contributed by atoms with E-state index in [1.54, 1.807) is 0 Å². The Bertz CT molecular complexity index is 786. The first-order chi connectivity index (χ1) is 10.3. The molecule has 2 aliphatic rings. The van der Waals surface area contributed by atoms with Crippen molar-refractivity contribution in [3.63, 3.8) is 0 Å². The van der Waals surface area contributed by atoms with E-state index in [9.17, 15) is 23.1 Å². The summed E-state index contributed by atoms with van der Waals surface area (Å²) in [7, 11) is -1.06. The predicted molar refractivity (Wildman–Crippen MR) is 73.7 cm³/mol. The maximum atomic E-state index is 12.6. The Morgan fingerprint density at radius 1 is 1.32 bits per heavy atom. The lowest BCUT2D eigenvalue weighted by molar-refractivity contribution is -0.141. The summed E-state index contributed by atoms with van der Waals surface area (Å²) >= 11 is 0. The van der Waals surface area contributed by atoms with Crippen LogP contribution in [0.3, 0.4) is 0 Å². The van der Waals surface area contributed by atoms with E-state index < -0.39 is 38.9 Å². The lowest BCUT2D eigenvalue weighted by Crippen LogP contribution is -2.39. The van der Waals surface area contributed by atoms with Crippen molar-refractivity contribution in [1.29, 1.82) is 0 Å². The molecule has 1 N–H and O–H groups in total. The first-order valence-corrected chi connectivity index (χ1v) is 8.07. The molecular formula is C13H13NO7S. The Labute approximate surface area is 126 Å². The fourth-order valence-electron chi connectivity index (χ4n) is 3.01. The predicted octanol–water partition coefficient (Wildman–Crippen LogP) is 0.0398. The Morgan fingerprint density at radius 2 is 2.00 bits per heavy atom. The van der Waals surface area contributed by atoms with E-state index in [0.29, 0.717) is 0 Å². The van der Waals surface area contributed by atoms with Crippen molar-refractivity contribution in [2.45, 2.75) is 11.4 Å². The van der Waals surface area contributed by atoms with Crippen LogP contribution in [0.2, 0.25) is 0 Å². The molecule has 1 aromatic carbocycles. The van der Waals surface area contributed by atoms with Gasteiger partial charge in [-0.25, -0.2) is 13.2 Å². The number of carbonyl (C=O) groups is 2. The molecular weight excluding hydrogens is 314 g/mol. The van der Waals surface area contributed by atoms with Crippen LogP contribution in [0.15, 0.2) is 12.1 Å². The van der Waals surface area contributed by atoms with Crippen LogP contribution < -0.4 is 9.47 Å². The summed E-state index contributed by atoms with van der Waals surface area (Å²) in [5, 5.41) is 7.92. The molecule has 2 atom stereocenters. The zero-order valence-corrected chi connectivity index (χ0v) is 12.6. The highest BCUT2D eigenvalue weighted by Crippen LogP contribution is 2.49. The van der Waals surface area contributed by atoms with Gasteiger partial charge in [-0.05, 0) is 6.07 Å². The number of ether oxygens (including phenoxy) is 2. The maximum absolute atomic E-state index is 12.6. The Hall–Kier alpha value is -2.29. The second kappa shape index (κ2) is 4.60. The molecule has 2 unspecified atom stereocenters. The number of amides is 1. The number of aliphatic carboxylic acids is 1. The van der Waals surface area contributed by atoms with Crippen molar-refractivity contribution < 1.29 is 32.6 Å². The quantitative estimate of drug-likeness (QED) is 0.834. The molecule has 1 amide bonds. The van der Waals surface area contributed by atoms with Crippen molar-refractivity contribution in [2.75, 3.05) is 20.0 Å².